The highest BCUT2D eigenvalue weighted by Crippen LogP contribution is 2.34. The molecule has 0 spiro atoms. The second kappa shape index (κ2) is 12.1. The van der Waals surface area contributed by atoms with Gasteiger partial charge in [-0.2, -0.15) is 18.2 Å². The first-order valence-corrected chi connectivity index (χ1v) is 12.1. The third kappa shape index (κ3) is 7.20. The summed E-state index contributed by atoms with van der Waals surface area (Å²) in [4.78, 5) is 21.9. The van der Waals surface area contributed by atoms with Crippen LogP contribution in [0.4, 0.5) is 18.0 Å². The van der Waals surface area contributed by atoms with Gasteiger partial charge in [-0.15, -0.1) is 11.3 Å². The van der Waals surface area contributed by atoms with Crippen molar-refractivity contribution in [1.29, 1.82) is 0 Å². The monoisotopic (exact) mass is 536 g/mol. The summed E-state index contributed by atoms with van der Waals surface area (Å²) in [6, 6.07) is 9.66. The molecule has 37 heavy (non-hydrogen) atoms. The van der Waals surface area contributed by atoms with Crippen molar-refractivity contribution in [2.24, 2.45) is 10.7 Å². The normalized spacial score (nSPS) is 12.1. The zero-order chi connectivity index (χ0) is 27.2. The summed E-state index contributed by atoms with van der Waals surface area (Å²) in [7, 11) is 1.42. The third-order valence-corrected chi connectivity index (χ3v) is 6.66. The average Bonchev–Trinajstić information content (AvgIpc) is 3.27. The van der Waals surface area contributed by atoms with E-state index in [1.807, 2.05) is 13.8 Å². The van der Waals surface area contributed by atoms with E-state index in [0.29, 0.717) is 28.4 Å². The van der Waals surface area contributed by atoms with E-state index in [2.05, 4.69) is 9.89 Å². The van der Waals surface area contributed by atoms with Crippen LogP contribution in [0, 0.1) is 0 Å². The molecule has 0 saturated carbocycles. The quantitative estimate of drug-likeness (QED) is 0.255. The number of carbonyl (C=O) groups is 1. The standard InChI is InChI=1S/C25H27F3N4O4S/c1-4-32(5-2)13-19-21(37-23(30-19)15-6-8-16(9-7-15)25(26,27)28)14-36-17-10-11-18(20(12-17)35-3)22(29)31-24(33)34/h6-12H,4-5,13-14H2,1-3H3,(H2,29,31)(H,33,34). The SMILES string of the molecule is CCN(CC)Cc1nc(-c2ccc(C(F)(F)F)cc2)sc1COc1ccc(/C(N)=N/C(=O)O)c(OC)c1. The maximum absolute atomic E-state index is 13.0. The van der Waals surface area contributed by atoms with E-state index in [-0.39, 0.29) is 18.2 Å². The first kappa shape index (κ1) is 27.9. The summed E-state index contributed by atoms with van der Waals surface area (Å²) in [5.74, 6) is 0.529. The second-order valence-electron chi connectivity index (χ2n) is 7.86. The van der Waals surface area contributed by atoms with Crippen LogP contribution in [-0.4, -0.2) is 47.1 Å². The van der Waals surface area contributed by atoms with Crippen molar-refractivity contribution in [1.82, 2.24) is 9.88 Å². The Morgan fingerprint density at radius 3 is 2.41 bits per heavy atom. The van der Waals surface area contributed by atoms with E-state index < -0.39 is 17.8 Å². The number of thiazole rings is 1. The fraction of sp³-hybridized carbons (Fsp3) is 0.320. The second-order valence-corrected chi connectivity index (χ2v) is 8.94. The highest BCUT2D eigenvalue weighted by atomic mass is 32.1. The molecule has 0 atom stereocenters. The molecule has 198 valence electrons. The van der Waals surface area contributed by atoms with Crippen LogP contribution in [-0.2, 0) is 19.3 Å². The molecule has 0 aliphatic heterocycles. The van der Waals surface area contributed by atoms with Crippen LogP contribution in [0.5, 0.6) is 11.5 Å². The minimum Gasteiger partial charge on any atom is -0.496 e. The van der Waals surface area contributed by atoms with Crippen molar-refractivity contribution in [2.75, 3.05) is 20.2 Å². The molecule has 0 aliphatic carbocycles. The maximum Gasteiger partial charge on any atom is 0.433 e. The first-order chi connectivity index (χ1) is 17.5. The third-order valence-electron chi connectivity index (χ3n) is 5.54. The zero-order valence-electron chi connectivity index (χ0n) is 20.5. The smallest absolute Gasteiger partial charge is 0.433 e. The molecule has 3 rings (SSSR count). The zero-order valence-corrected chi connectivity index (χ0v) is 21.3. The van der Waals surface area contributed by atoms with E-state index in [9.17, 15) is 18.0 Å². The molecule has 0 bridgehead atoms. The molecular formula is C25H27F3N4O4S. The molecule has 12 heteroatoms. The highest BCUT2D eigenvalue weighted by Gasteiger charge is 2.30. The van der Waals surface area contributed by atoms with Crippen molar-refractivity contribution in [3.63, 3.8) is 0 Å². The van der Waals surface area contributed by atoms with Gasteiger partial charge >= 0.3 is 12.3 Å². The van der Waals surface area contributed by atoms with Gasteiger partial charge in [0.1, 0.15) is 28.9 Å². The number of rotatable bonds is 10. The molecule has 8 nitrogen and oxygen atoms in total. The van der Waals surface area contributed by atoms with Crippen LogP contribution in [0.1, 0.15) is 35.5 Å². The minimum atomic E-state index is -4.41. The molecule has 0 unspecified atom stereocenters. The van der Waals surface area contributed by atoms with Gasteiger partial charge in [0.15, 0.2) is 0 Å². The average molecular weight is 537 g/mol. The van der Waals surface area contributed by atoms with Crippen molar-refractivity contribution in [3.8, 4) is 22.1 Å². The Morgan fingerprint density at radius 1 is 1.16 bits per heavy atom. The molecule has 1 amide bonds. The number of aromatic nitrogens is 1. The van der Waals surface area contributed by atoms with Crippen molar-refractivity contribution < 1.29 is 32.5 Å². The van der Waals surface area contributed by atoms with E-state index in [1.54, 1.807) is 18.2 Å². The van der Waals surface area contributed by atoms with Crippen LogP contribution >= 0.6 is 11.3 Å². The number of carboxylic acid groups (broad SMARTS) is 1. The number of amidine groups is 1. The van der Waals surface area contributed by atoms with Gasteiger partial charge in [-0.1, -0.05) is 26.0 Å². The lowest BCUT2D eigenvalue weighted by molar-refractivity contribution is -0.137. The Bertz CT molecular complexity index is 1260. The Balaban J connectivity index is 1.88. The van der Waals surface area contributed by atoms with Crippen LogP contribution < -0.4 is 15.2 Å². The molecule has 1 heterocycles. The molecule has 0 radical (unpaired) electrons. The summed E-state index contributed by atoms with van der Waals surface area (Å²) >= 11 is 1.35. The number of amides is 1. The highest BCUT2D eigenvalue weighted by molar-refractivity contribution is 7.15. The molecule has 0 aliphatic rings. The number of aliphatic imine (C=N–C) groups is 1. The van der Waals surface area contributed by atoms with Crippen molar-refractivity contribution in [2.45, 2.75) is 33.2 Å². The minimum absolute atomic E-state index is 0.163. The molecule has 3 N–H and O–H groups in total. The van der Waals surface area contributed by atoms with Gasteiger partial charge in [0.2, 0.25) is 0 Å². The molecule has 3 aromatic rings. The summed E-state index contributed by atoms with van der Waals surface area (Å²) in [5.41, 5.74) is 6.71. The lowest BCUT2D eigenvalue weighted by Crippen LogP contribution is -2.23. The summed E-state index contributed by atoms with van der Waals surface area (Å²) in [5, 5.41) is 9.44. The summed E-state index contributed by atoms with van der Waals surface area (Å²) < 4.78 is 50.2. The van der Waals surface area contributed by atoms with Gasteiger partial charge in [-0.25, -0.2) is 9.78 Å². The van der Waals surface area contributed by atoms with Gasteiger partial charge < -0.3 is 20.3 Å². The van der Waals surface area contributed by atoms with Crippen LogP contribution in [0.15, 0.2) is 47.5 Å². The Morgan fingerprint density at radius 2 is 1.84 bits per heavy atom. The molecule has 1 aromatic heterocycles. The first-order valence-electron chi connectivity index (χ1n) is 11.3. The number of hydrogen-bond donors (Lipinski definition) is 2. The Labute approximate surface area is 216 Å². The number of nitrogens with two attached hydrogens (primary N) is 1. The number of alkyl halides is 3. The predicted octanol–water partition coefficient (Wildman–Crippen LogP) is 5.64. The maximum atomic E-state index is 13.0. The summed E-state index contributed by atoms with van der Waals surface area (Å²) in [6.07, 6.45) is -5.83. The lowest BCUT2D eigenvalue weighted by Gasteiger charge is -2.17. The van der Waals surface area contributed by atoms with E-state index in [0.717, 1.165) is 35.8 Å². The Kier molecular flexibility index (Phi) is 9.11. The fourth-order valence-electron chi connectivity index (χ4n) is 3.49. The van der Waals surface area contributed by atoms with Crippen LogP contribution in [0.2, 0.25) is 0 Å². The lowest BCUT2D eigenvalue weighted by atomic mass is 10.1. The number of halogens is 3. The number of benzene rings is 2. The topological polar surface area (TPSA) is 110 Å². The van der Waals surface area contributed by atoms with Gasteiger partial charge in [-0.3, -0.25) is 4.90 Å². The van der Waals surface area contributed by atoms with Gasteiger partial charge in [0.25, 0.3) is 0 Å². The Hall–Kier alpha value is -3.64. The van der Waals surface area contributed by atoms with E-state index in [4.69, 9.17) is 25.3 Å². The van der Waals surface area contributed by atoms with Crippen molar-refractivity contribution >= 4 is 23.3 Å². The van der Waals surface area contributed by atoms with Gasteiger partial charge in [0, 0.05) is 18.2 Å². The molecular weight excluding hydrogens is 509 g/mol. The molecule has 0 fully saturated rings. The van der Waals surface area contributed by atoms with Gasteiger partial charge in [-0.05, 0) is 37.4 Å². The number of ether oxygens (including phenoxy) is 2. The predicted molar refractivity (Wildman–Crippen MR) is 135 cm³/mol. The summed E-state index contributed by atoms with van der Waals surface area (Å²) in [6.45, 7) is 6.42. The van der Waals surface area contributed by atoms with Crippen molar-refractivity contribution in [3.05, 3.63) is 64.2 Å². The number of nitrogens with zero attached hydrogens (tertiary/aromatic N) is 3. The fourth-order valence-corrected chi connectivity index (χ4v) is 4.48. The number of methoxy groups -OCH3 is 1. The van der Waals surface area contributed by atoms with Gasteiger partial charge in [0.05, 0.1) is 28.8 Å². The van der Waals surface area contributed by atoms with E-state index >= 15 is 0 Å². The van der Waals surface area contributed by atoms with E-state index in [1.165, 1.54) is 30.6 Å². The van der Waals surface area contributed by atoms with Crippen LogP contribution in [0.3, 0.4) is 0 Å². The molecule has 2 aromatic carbocycles. The number of hydrogen-bond acceptors (Lipinski definition) is 6. The molecule has 0 saturated heterocycles. The largest absolute Gasteiger partial charge is 0.496 e. The van der Waals surface area contributed by atoms with Crippen LogP contribution in [0.25, 0.3) is 10.6 Å².